The first-order valence-electron chi connectivity index (χ1n) is 3.80. The van der Waals surface area contributed by atoms with Gasteiger partial charge < -0.3 is 5.48 Å². The van der Waals surface area contributed by atoms with Crippen molar-refractivity contribution in [2.24, 2.45) is 11.8 Å². The van der Waals surface area contributed by atoms with Gasteiger partial charge in [0.05, 0.1) is 0 Å². The van der Waals surface area contributed by atoms with Gasteiger partial charge in [-0.05, 0) is 11.8 Å². The molecule has 9 heavy (non-hydrogen) atoms. The van der Waals surface area contributed by atoms with Crippen LogP contribution in [0.1, 0.15) is 39.5 Å². The summed E-state index contributed by atoms with van der Waals surface area (Å²) in [4.78, 5) is 0. The maximum Gasteiger partial charge on any atom is -0.0417 e. The minimum absolute atomic E-state index is 0. The normalized spacial score (nSPS) is 35.3. The highest BCUT2D eigenvalue weighted by molar-refractivity contribution is 4.67. The zero-order chi connectivity index (χ0) is 5.98. The lowest BCUT2D eigenvalue weighted by atomic mass is 9.82. The number of hydrogen-bond acceptors (Lipinski definition) is 0. The van der Waals surface area contributed by atoms with Gasteiger partial charge in [0, 0.05) is 0 Å². The van der Waals surface area contributed by atoms with Gasteiger partial charge in [-0.15, -0.1) is 0 Å². The molecule has 0 radical (unpaired) electrons. The van der Waals surface area contributed by atoms with Gasteiger partial charge in [0.1, 0.15) is 0 Å². The summed E-state index contributed by atoms with van der Waals surface area (Å²) in [6, 6.07) is 0. The molecule has 1 fully saturated rings. The number of rotatable bonds is 0. The van der Waals surface area contributed by atoms with Gasteiger partial charge in [0.15, 0.2) is 0 Å². The fourth-order valence-electron chi connectivity index (χ4n) is 1.50. The largest absolute Gasteiger partial charge is 0.412 e. The van der Waals surface area contributed by atoms with Crippen molar-refractivity contribution in [1.82, 2.24) is 0 Å². The van der Waals surface area contributed by atoms with Gasteiger partial charge in [0.25, 0.3) is 0 Å². The van der Waals surface area contributed by atoms with Crippen molar-refractivity contribution >= 4 is 0 Å². The van der Waals surface area contributed by atoms with Crippen LogP contribution in [0.25, 0.3) is 0 Å². The molecule has 0 saturated heterocycles. The lowest BCUT2D eigenvalue weighted by Gasteiger charge is -2.24. The molecule has 2 unspecified atom stereocenters. The van der Waals surface area contributed by atoms with Crippen LogP contribution in [0, 0.1) is 11.8 Å². The van der Waals surface area contributed by atoms with Crippen LogP contribution >= 0.6 is 0 Å². The van der Waals surface area contributed by atoms with E-state index in [1.54, 1.807) is 0 Å². The van der Waals surface area contributed by atoms with Crippen molar-refractivity contribution < 1.29 is 5.48 Å². The van der Waals surface area contributed by atoms with E-state index in [2.05, 4.69) is 13.8 Å². The summed E-state index contributed by atoms with van der Waals surface area (Å²) in [5.41, 5.74) is 0. The summed E-state index contributed by atoms with van der Waals surface area (Å²) in [5, 5.41) is 0. The highest BCUT2D eigenvalue weighted by Crippen LogP contribution is 2.28. The van der Waals surface area contributed by atoms with E-state index in [1.807, 2.05) is 0 Å². The Balaban J connectivity index is 0.000000640. The zero-order valence-electron chi connectivity index (χ0n) is 6.48. The third kappa shape index (κ3) is 2.35. The molecule has 1 heteroatoms. The van der Waals surface area contributed by atoms with E-state index < -0.39 is 0 Å². The molecule has 1 aliphatic rings. The highest BCUT2D eigenvalue weighted by atomic mass is 16.0. The summed E-state index contributed by atoms with van der Waals surface area (Å²) >= 11 is 0. The second-order valence-corrected chi connectivity index (χ2v) is 3.24. The van der Waals surface area contributed by atoms with Gasteiger partial charge in [-0.2, -0.15) is 0 Å². The molecule has 0 bridgehead atoms. The molecule has 1 aliphatic carbocycles. The molecule has 2 atom stereocenters. The summed E-state index contributed by atoms with van der Waals surface area (Å²) < 4.78 is 0. The Labute approximate surface area is 57.8 Å². The molecular weight excluding hydrogens is 112 g/mol. The monoisotopic (exact) mass is 130 g/mol. The van der Waals surface area contributed by atoms with Gasteiger partial charge >= 0.3 is 0 Å². The Bertz CT molecular complexity index is 61.0. The van der Waals surface area contributed by atoms with Crippen LogP contribution in [0.3, 0.4) is 0 Å². The topological polar surface area (TPSA) is 31.5 Å². The first-order chi connectivity index (χ1) is 3.80. The molecule has 56 valence electrons. The van der Waals surface area contributed by atoms with Crippen LogP contribution < -0.4 is 0 Å². The Morgan fingerprint density at radius 1 is 0.889 bits per heavy atom. The van der Waals surface area contributed by atoms with Crippen molar-refractivity contribution in [1.29, 1.82) is 0 Å². The van der Waals surface area contributed by atoms with Gasteiger partial charge in [0.2, 0.25) is 0 Å². The summed E-state index contributed by atoms with van der Waals surface area (Å²) in [6.07, 6.45) is 5.90. The van der Waals surface area contributed by atoms with E-state index in [0.717, 1.165) is 11.8 Å². The predicted octanol–water partition coefficient (Wildman–Crippen LogP) is 2.01. The van der Waals surface area contributed by atoms with Crippen molar-refractivity contribution in [3.63, 3.8) is 0 Å². The Hall–Kier alpha value is -0.0400. The summed E-state index contributed by atoms with van der Waals surface area (Å²) in [6.45, 7) is 4.76. The van der Waals surface area contributed by atoms with Crippen LogP contribution in [-0.2, 0) is 0 Å². The average molecular weight is 130 g/mol. The molecule has 0 aromatic rings. The quantitative estimate of drug-likeness (QED) is 0.480. The van der Waals surface area contributed by atoms with Crippen molar-refractivity contribution in [2.75, 3.05) is 0 Å². The fourth-order valence-corrected chi connectivity index (χ4v) is 1.50. The van der Waals surface area contributed by atoms with E-state index >= 15 is 0 Å². The van der Waals surface area contributed by atoms with Crippen molar-refractivity contribution in [3.05, 3.63) is 0 Å². The standard InChI is InChI=1S/C8H16.H2O/c1-7-5-3-4-6-8(7)2;/h7-8H,3-6H2,1-2H3;1H2. The first-order valence-corrected chi connectivity index (χ1v) is 3.80. The molecule has 0 aromatic carbocycles. The SMILES string of the molecule is CC1CCCCC1C.O. The van der Waals surface area contributed by atoms with Crippen LogP contribution in [0.2, 0.25) is 0 Å². The minimum Gasteiger partial charge on any atom is -0.412 e. The van der Waals surface area contributed by atoms with Crippen LogP contribution in [0.15, 0.2) is 0 Å². The lowest BCUT2D eigenvalue weighted by Crippen LogP contribution is -2.12. The Morgan fingerprint density at radius 2 is 1.22 bits per heavy atom. The van der Waals surface area contributed by atoms with E-state index in [4.69, 9.17) is 0 Å². The molecule has 1 saturated carbocycles. The molecule has 0 aliphatic heterocycles. The smallest absolute Gasteiger partial charge is 0.0417 e. The third-order valence-corrected chi connectivity index (χ3v) is 2.54. The third-order valence-electron chi connectivity index (χ3n) is 2.54. The molecular formula is C8H18O. The van der Waals surface area contributed by atoms with Gasteiger partial charge in [-0.1, -0.05) is 39.5 Å². The minimum atomic E-state index is 0. The van der Waals surface area contributed by atoms with Crippen molar-refractivity contribution in [3.8, 4) is 0 Å². The maximum atomic E-state index is 2.38. The molecule has 0 heterocycles. The average Bonchev–Trinajstić information content (AvgIpc) is 1.77. The van der Waals surface area contributed by atoms with Gasteiger partial charge in [-0.3, -0.25) is 0 Å². The van der Waals surface area contributed by atoms with E-state index in [9.17, 15) is 0 Å². The Kier molecular flexibility index (Phi) is 3.87. The van der Waals surface area contributed by atoms with Crippen LogP contribution in [-0.4, -0.2) is 5.48 Å². The predicted molar refractivity (Wildman–Crippen MR) is 40.4 cm³/mol. The number of hydrogen-bond donors (Lipinski definition) is 0. The summed E-state index contributed by atoms with van der Waals surface area (Å²) in [7, 11) is 0. The molecule has 2 N–H and O–H groups in total. The molecule has 0 amide bonds. The van der Waals surface area contributed by atoms with E-state index in [1.165, 1.54) is 25.7 Å². The fraction of sp³-hybridized carbons (Fsp3) is 1.00. The van der Waals surface area contributed by atoms with Crippen LogP contribution in [0.5, 0.6) is 0 Å². The first kappa shape index (κ1) is 8.96. The second-order valence-electron chi connectivity index (χ2n) is 3.24. The summed E-state index contributed by atoms with van der Waals surface area (Å²) in [5.74, 6) is 2.01. The second kappa shape index (κ2) is 3.89. The zero-order valence-corrected chi connectivity index (χ0v) is 6.48. The van der Waals surface area contributed by atoms with Crippen LogP contribution in [0.4, 0.5) is 0 Å². The Morgan fingerprint density at radius 3 is 1.44 bits per heavy atom. The lowest BCUT2D eigenvalue weighted by molar-refractivity contribution is 0.277. The molecule has 1 rings (SSSR count). The maximum absolute atomic E-state index is 2.38. The molecule has 0 aromatic heterocycles. The van der Waals surface area contributed by atoms with Gasteiger partial charge in [-0.25, -0.2) is 0 Å². The van der Waals surface area contributed by atoms with E-state index in [-0.39, 0.29) is 5.48 Å². The highest BCUT2D eigenvalue weighted by Gasteiger charge is 2.15. The molecule has 1 nitrogen and oxygen atoms in total. The van der Waals surface area contributed by atoms with E-state index in [0.29, 0.717) is 0 Å². The van der Waals surface area contributed by atoms with Crippen molar-refractivity contribution in [2.45, 2.75) is 39.5 Å². The molecule has 0 spiro atoms.